The van der Waals surface area contributed by atoms with Crippen LogP contribution in [0.5, 0.6) is 17.2 Å². The van der Waals surface area contributed by atoms with Crippen LogP contribution in [0, 0.1) is 19.7 Å². The van der Waals surface area contributed by atoms with Crippen LogP contribution in [0.3, 0.4) is 0 Å². The minimum atomic E-state index is -0.801. The molecule has 3 N–H and O–H groups in total. The highest BCUT2D eigenvalue weighted by atomic mass is 19.1. The standard InChI is InChI=1S/C42H54FN7O5/c1-8-29(5)45-39(51)15-12-31-24-34(33-11-9-10-28(4)30(33)6)40(37(25-31)53-7)55-42(52)48-38-16-17-44-41(47-38)46-32-13-14-36(35(43)26-32)54-23-22-49-18-20-50(21-19-49)27(2)3/h9-11,13-14,16-17,24-27,29H,8,12,15,18-23H2,1-7H3,(H,45,51)(H2,44,46,47,48,52). The van der Waals surface area contributed by atoms with Crippen molar-refractivity contribution in [1.29, 1.82) is 0 Å². The number of benzene rings is 3. The topological polar surface area (TPSA) is 130 Å². The molecule has 55 heavy (non-hydrogen) atoms. The van der Waals surface area contributed by atoms with Crippen LogP contribution < -0.4 is 30.2 Å². The minimum Gasteiger partial charge on any atom is -0.493 e. The Morgan fingerprint density at radius 2 is 1.75 bits per heavy atom. The van der Waals surface area contributed by atoms with E-state index in [-0.39, 0.29) is 35.2 Å². The molecule has 1 atom stereocenters. The molecule has 0 spiro atoms. The van der Waals surface area contributed by atoms with Crippen LogP contribution in [-0.4, -0.2) is 90.3 Å². The summed E-state index contributed by atoms with van der Waals surface area (Å²) in [7, 11) is 1.51. The summed E-state index contributed by atoms with van der Waals surface area (Å²) in [5.74, 6) is 0.488. The lowest BCUT2D eigenvalue weighted by Gasteiger charge is -2.36. The van der Waals surface area contributed by atoms with Crippen LogP contribution in [0.2, 0.25) is 0 Å². The van der Waals surface area contributed by atoms with Gasteiger partial charge in [0.25, 0.3) is 0 Å². The number of aryl methyl sites for hydroxylation is 2. The zero-order valence-electron chi connectivity index (χ0n) is 33.0. The number of hydrogen-bond donors (Lipinski definition) is 3. The highest BCUT2D eigenvalue weighted by Gasteiger charge is 2.22. The summed E-state index contributed by atoms with van der Waals surface area (Å²) in [5, 5.41) is 8.66. The molecule has 3 aromatic carbocycles. The summed E-state index contributed by atoms with van der Waals surface area (Å²) in [4.78, 5) is 39.4. The van der Waals surface area contributed by atoms with Crippen LogP contribution in [0.1, 0.15) is 57.2 Å². The third kappa shape index (κ3) is 11.4. The number of nitrogens with zero attached hydrogens (tertiary/aromatic N) is 4. The molecule has 2 heterocycles. The molecule has 4 aromatic rings. The smallest absolute Gasteiger partial charge is 0.418 e. The first-order chi connectivity index (χ1) is 26.4. The van der Waals surface area contributed by atoms with Crippen molar-refractivity contribution < 1.29 is 28.2 Å². The second-order valence-electron chi connectivity index (χ2n) is 14.2. The molecular formula is C42H54FN7O5. The van der Waals surface area contributed by atoms with E-state index in [4.69, 9.17) is 14.2 Å². The molecule has 1 aliphatic rings. The fourth-order valence-corrected chi connectivity index (χ4v) is 6.33. The van der Waals surface area contributed by atoms with E-state index >= 15 is 4.39 Å². The van der Waals surface area contributed by atoms with Crippen LogP contribution in [-0.2, 0) is 11.2 Å². The molecule has 0 aliphatic carbocycles. The first-order valence-electron chi connectivity index (χ1n) is 19.0. The Morgan fingerprint density at radius 3 is 2.45 bits per heavy atom. The first kappa shape index (κ1) is 40.9. The van der Waals surface area contributed by atoms with E-state index in [0.29, 0.717) is 42.5 Å². The molecule has 2 amide bonds. The van der Waals surface area contributed by atoms with E-state index in [1.54, 1.807) is 18.2 Å². The average molecular weight is 756 g/mol. The molecule has 294 valence electrons. The van der Waals surface area contributed by atoms with Gasteiger partial charge in [-0.25, -0.2) is 14.2 Å². The van der Waals surface area contributed by atoms with Gasteiger partial charge in [0.1, 0.15) is 12.4 Å². The van der Waals surface area contributed by atoms with Crippen LogP contribution in [0.15, 0.2) is 60.8 Å². The molecule has 0 saturated carbocycles. The van der Waals surface area contributed by atoms with Crippen LogP contribution in [0.25, 0.3) is 11.1 Å². The Hall–Kier alpha value is -5.27. The Balaban J connectivity index is 1.24. The lowest BCUT2D eigenvalue weighted by molar-refractivity contribution is -0.121. The fraction of sp³-hybridized carbons (Fsp3) is 0.429. The van der Waals surface area contributed by atoms with Gasteiger partial charge in [-0.15, -0.1) is 0 Å². The zero-order valence-corrected chi connectivity index (χ0v) is 33.0. The Morgan fingerprint density at radius 1 is 0.964 bits per heavy atom. The summed E-state index contributed by atoms with van der Waals surface area (Å²) in [6, 6.07) is 16.3. The number of methoxy groups -OCH3 is 1. The maximum Gasteiger partial charge on any atom is 0.418 e. The largest absolute Gasteiger partial charge is 0.493 e. The van der Waals surface area contributed by atoms with Gasteiger partial charge in [0.05, 0.1) is 7.11 Å². The summed E-state index contributed by atoms with van der Waals surface area (Å²) >= 11 is 0. The molecule has 1 unspecified atom stereocenters. The van der Waals surface area contributed by atoms with Gasteiger partial charge in [-0.3, -0.25) is 19.9 Å². The van der Waals surface area contributed by atoms with Crippen molar-refractivity contribution in [2.45, 2.75) is 72.9 Å². The van der Waals surface area contributed by atoms with Crippen molar-refractivity contribution in [1.82, 2.24) is 25.1 Å². The monoisotopic (exact) mass is 755 g/mol. The van der Waals surface area contributed by atoms with Gasteiger partial charge in [0.2, 0.25) is 11.9 Å². The first-order valence-corrected chi connectivity index (χ1v) is 19.0. The highest BCUT2D eigenvalue weighted by molar-refractivity contribution is 5.89. The minimum absolute atomic E-state index is 0.0339. The van der Waals surface area contributed by atoms with E-state index in [2.05, 4.69) is 49.6 Å². The molecule has 1 aliphatic heterocycles. The Kier molecular flexibility index (Phi) is 14.4. The van der Waals surface area contributed by atoms with Gasteiger partial charge < -0.3 is 24.8 Å². The van der Waals surface area contributed by atoms with Gasteiger partial charge in [-0.05, 0) is 100 Å². The average Bonchev–Trinajstić information content (AvgIpc) is 3.16. The maximum atomic E-state index is 15.0. The van der Waals surface area contributed by atoms with E-state index in [1.807, 2.05) is 52.0 Å². The molecule has 0 radical (unpaired) electrons. The van der Waals surface area contributed by atoms with Crippen molar-refractivity contribution in [2.75, 3.05) is 57.1 Å². The second kappa shape index (κ2) is 19.4. The third-order valence-corrected chi connectivity index (χ3v) is 9.96. The lowest BCUT2D eigenvalue weighted by Crippen LogP contribution is -2.49. The third-order valence-electron chi connectivity index (χ3n) is 9.96. The van der Waals surface area contributed by atoms with Gasteiger partial charge in [-0.1, -0.05) is 25.1 Å². The van der Waals surface area contributed by atoms with Crippen LogP contribution in [0.4, 0.5) is 26.6 Å². The lowest BCUT2D eigenvalue weighted by atomic mass is 9.93. The number of amides is 2. The van der Waals surface area contributed by atoms with Gasteiger partial charge in [-0.2, -0.15) is 4.98 Å². The van der Waals surface area contributed by atoms with Crippen molar-refractivity contribution in [2.24, 2.45) is 0 Å². The van der Waals surface area contributed by atoms with Crippen LogP contribution >= 0.6 is 0 Å². The molecular weight excluding hydrogens is 702 g/mol. The van der Waals surface area contributed by atoms with E-state index in [1.165, 1.54) is 25.4 Å². The van der Waals surface area contributed by atoms with E-state index in [0.717, 1.165) is 61.4 Å². The molecule has 1 saturated heterocycles. The molecule has 0 bridgehead atoms. The number of carbonyl (C=O) groups is 2. The number of ether oxygens (including phenoxy) is 3. The Labute approximate surface area is 323 Å². The number of halogens is 1. The summed E-state index contributed by atoms with van der Waals surface area (Å²) in [6.45, 7) is 17.5. The Bertz CT molecular complexity index is 1930. The predicted octanol–water partition coefficient (Wildman–Crippen LogP) is 7.51. The van der Waals surface area contributed by atoms with Gasteiger partial charge in [0.15, 0.2) is 23.1 Å². The van der Waals surface area contributed by atoms with Crippen molar-refractivity contribution in [3.63, 3.8) is 0 Å². The predicted molar refractivity (Wildman–Crippen MR) is 214 cm³/mol. The number of piperazine rings is 1. The summed E-state index contributed by atoms with van der Waals surface area (Å²) in [5.41, 5.74) is 4.87. The summed E-state index contributed by atoms with van der Waals surface area (Å²) < 4.78 is 32.5. The fourth-order valence-electron chi connectivity index (χ4n) is 6.33. The normalized spacial score (nSPS) is 14.0. The van der Waals surface area contributed by atoms with Gasteiger partial charge >= 0.3 is 6.09 Å². The van der Waals surface area contributed by atoms with E-state index < -0.39 is 11.9 Å². The van der Waals surface area contributed by atoms with Crippen molar-refractivity contribution in [3.8, 4) is 28.4 Å². The maximum absolute atomic E-state index is 15.0. The van der Waals surface area contributed by atoms with Crippen molar-refractivity contribution in [3.05, 3.63) is 83.3 Å². The quantitative estimate of drug-likeness (QED) is 0.106. The highest BCUT2D eigenvalue weighted by Crippen LogP contribution is 2.42. The molecule has 1 fully saturated rings. The number of anilines is 3. The second-order valence-corrected chi connectivity index (χ2v) is 14.2. The molecule has 13 heteroatoms. The molecule has 12 nitrogen and oxygen atoms in total. The zero-order chi connectivity index (χ0) is 39.5. The number of carbonyl (C=O) groups excluding carboxylic acids is 2. The van der Waals surface area contributed by atoms with E-state index in [9.17, 15) is 9.59 Å². The van der Waals surface area contributed by atoms with Gasteiger partial charge in [0, 0.05) is 74.7 Å². The number of aromatic nitrogens is 2. The number of nitrogens with one attached hydrogen (secondary N) is 3. The SMILES string of the molecule is CCC(C)NC(=O)CCc1cc(OC)c(OC(=O)Nc2ccnc(Nc3ccc(OCCN4CCN(C(C)C)CC4)c(F)c3)n2)c(-c2cccc(C)c2C)c1. The summed E-state index contributed by atoms with van der Waals surface area (Å²) in [6.07, 6.45) is 2.28. The molecule has 1 aromatic heterocycles. The number of rotatable bonds is 16. The molecule has 5 rings (SSSR count). The number of hydrogen-bond acceptors (Lipinski definition) is 10. The van der Waals surface area contributed by atoms with Crippen molar-refractivity contribution >= 4 is 29.5 Å².